The molecule has 1 fully saturated rings. The highest BCUT2D eigenvalue weighted by molar-refractivity contribution is 6.32. The van der Waals surface area contributed by atoms with Crippen LogP contribution in [-0.4, -0.2) is 31.2 Å². The third kappa shape index (κ3) is 3.67. The number of barbiturate groups is 1. The lowest BCUT2D eigenvalue weighted by Crippen LogP contribution is -2.58. The number of ether oxygens (including phenoxy) is 1. The van der Waals surface area contributed by atoms with Crippen LogP contribution in [0.5, 0.6) is 5.75 Å². The number of nitrogens with one attached hydrogen (secondary N) is 1. The van der Waals surface area contributed by atoms with Crippen molar-refractivity contribution in [2.75, 3.05) is 12.0 Å². The number of imide groups is 2. The number of anilines is 1. The van der Waals surface area contributed by atoms with Crippen LogP contribution >= 0.6 is 0 Å². The van der Waals surface area contributed by atoms with E-state index in [0.717, 1.165) is 4.90 Å². The normalized spacial score (nSPS) is 17.0. The predicted molar refractivity (Wildman–Crippen MR) is 96.8 cm³/mol. The molecule has 1 aliphatic rings. The van der Waals surface area contributed by atoms with Gasteiger partial charge in [-0.15, -0.1) is 0 Å². The molecule has 3 rings (SSSR count). The lowest BCUT2D eigenvalue weighted by atomic mass is 10.1. The Balaban J connectivity index is 1.85. The second kappa shape index (κ2) is 7.49. The van der Waals surface area contributed by atoms with E-state index in [1.165, 1.54) is 13.3 Å². The second-order valence-electron chi connectivity index (χ2n) is 5.58. The van der Waals surface area contributed by atoms with Gasteiger partial charge >= 0.3 is 6.03 Å². The first kappa shape index (κ1) is 17.8. The van der Waals surface area contributed by atoms with Crippen molar-refractivity contribution in [3.8, 4) is 11.8 Å². The second-order valence-corrected chi connectivity index (χ2v) is 5.58. The first-order valence-electron chi connectivity index (χ1n) is 7.90. The zero-order valence-electron chi connectivity index (χ0n) is 14.2. The maximum Gasteiger partial charge on any atom is 0.335 e. The number of rotatable bonds is 4. The van der Waals surface area contributed by atoms with Gasteiger partial charge in [0.2, 0.25) is 5.91 Å². The predicted octanol–water partition coefficient (Wildman–Crippen LogP) is 2.17. The summed E-state index contributed by atoms with van der Waals surface area (Å²) < 4.78 is 5.05. The van der Waals surface area contributed by atoms with Gasteiger partial charge in [-0.05, 0) is 48.5 Å². The Kier molecular flexibility index (Phi) is 4.95. The Morgan fingerprint density at radius 1 is 1.11 bits per heavy atom. The van der Waals surface area contributed by atoms with Crippen LogP contribution in [0.25, 0.3) is 0 Å². The summed E-state index contributed by atoms with van der Waals surface area (Å²) in [6.45, 7) is 0. The van der Waals surface area contributed by atoms with E-state index in [2.05, 4.69) is 10.3 Å². The molecule has 0 radical (unpaired) electrons. The number of urea groups is 1. The number of hydrogen-bond acceptors (Lipinski definition) is 6. The number of amides is 4. The summed E-state index contributed by atoms with van der Waals surface area (Å²) in [6.07, 6.45) is 1.18. The van der Waals surface area contributed by atoms with E-state index in [1.54, 1.807) is 48.5 Å². The van der Waals surface area contributed by atoms with Gasteiger partial charge in [-0.1, -0.05) is 0 Å². The van der Waals surface area contributed by atoms with Crippen molar-refractivity contribution in [3.05, 3.63) is 54.1 Å². The minimum absolute atomic E-state index is 0.308. The van der Waals surface area contributed by atoms with Crippen LogP contribution in [0.15, 0.2) is 53.5 Å². The number of benzene rings is 2. The fourth-order valence-electron chi connectivity index (χ4n) is 2.48. The fraction of sp³-hybridized carbons (Fsp3) is 0.105. The highest BCUT2D eigenvalue weighted by Crippen LogP contribution is 2.23. The first-order chi connectivity index (χ1) is 13.0. The Hall–Kier alpha value is -3.99. The zero-order valence-corrected chi connectivity index (χ0v) is 14.2. The van der Waals surface area contributed by atoms with E-state index in [1.807, 2.05) is 6.07 Å². The topological polar surface area (TPSA) is 112 Å². The van der Waals surface area contributed by atoms with E-state index >= 15 is 0 Å². The van der Waals surface area contributed by atoms with Crippen molar-refractivity contribution < 1.29 is 19.1 Å². The molecule has 1 heterocycles. The minimum atomic E-state index is -1.25. The standard InChI is InChI=1S/C19H14N4O4/c1-27-15-8-6-14(7-9-15)23-18(25)16(17(24)22-19(23)26)11-21-13-4-2-12(10-20)3-5-13/h2-9,11,16H,1H3,(H,22,24,26)/t16-/m1/s1. The summed E-state index contributed by atoms with van der Waals surface area (Å²) in [5.41, 5.74) is 1.25. The number of nitrogens with zero attached hydrogens (tertiary/aromatic N) is 3. The van der Waals surface area contributed by atoms with Crippen LogP contribution in [0, 0.1) is 17.2 Å². The Labute approximate surface area is 154 Å². The van der Waals surface area contributed by atoms with Gasteiger partial charge in [0.1, 0.15) is 5.75 Å². The summed E-state index contributed by atoms with van der Waals surface area (Å²) in [6, 6.07) is 13.8. The van der Waals surface area contributed by atoms with Gasteiger partial charge in [0.05, 0.1) is 30.1 Å². The zero-order chi connectivity index (χ0) is 19.4. The van der Waals surface area contributed by atoms with Crippen LogP contribution in [0.4, 0.5) is 16.2 Å². The summed E-state index contributed by atoms with van der Waals surface area (Å²) in [7, 11) is 1.50. The molecule has 27 heavy (non-hydrogen) atoms. The molecule has 0 unspecified atom stereocenters. The number of hydrogen-bond donors (Lipinski definition) is 1. The molecule has 0 aromatic heterocycles. The highest BCUT2D eigenvalue weighted by atomic mass is 16.5. The Morgan fingerprint density at radius 3 is 2.37 bits per heavy atom. The van der Waals surface area contributed by atoms with Gasteiger partial charge in [0, 0.05) is 6.21 Å². The van der Waals surface area contributed by atoms with Gasteiger partial charge in [0.15, 0.2) is 5.92 Å². The first-order valence-corrected chi connectivity index (χ1v) is 7.90. The number of carbonyl (C=O) groups is 3. The summed E-state index contributed by atoms with van der Waals surface area (Å²) in [4.78, 5) is 41.9. The third-order valence-corrected chi connectivity index (χ3v) is 3.90. The minimum Gasteiger partial charge on any atom is -0.497 e. The van der Waals surface area contributed by atoms with Crippen molar-refractivity contribution >= 4 is 35.4 Å². The van der Waals surface area contributed by atoms with Crippen molar-refractivity contribution in [1.82, 2.24) is 5.32 Å². The number of carbonyl (C=O) groups excluding carboxylic acids is 3. The molecule has 0 saturated carbocycles. The van der Waals surface area contributed by atoms with Crippen molar-refractivity contribution in [1.29, 1.82) is 5.26 Å². The smallest absolute Gasteiger partial charge is 0.335 e. The summed E-state index contributed by atoms with van der Waals surface area (Å²) >= 11 is 0. The maximum atomic E-state index is 12.7. The van der Waals surface area contributed by atoms with Crippen molar-refractivity contribution in [2.24, 2.45) is 10.9 Å². The molecule has 1 aliphatic heterocycles. The summed E-state index contributed by atoms with van der Waals surface area (Å²) in [5.74, 6) is -2.13. The van der Waals surface area contributed by atoms with Gasteiger partial charge in [-0.3, -0.25) is 19.9 Å². The molecule has 4 amide bonds. The number of aliphatic imine (C=N–C) groups is 1. The third-order valence-electron chi connectivity index (χ3n) is 3.90. The average molecular weight is 362 g/mol. The van der Waals surface area contributed by atoms with E-state index in [0.29, 0.717) is 22.7 Å². The van der Waals surface area contributed by atoms with Crippen LogP contribution in [0.3, 0.4) is 0 Å². The molecular weight excluding hydrogens is 348 g/mol. The molecule has 8 nitrogen and oxygen atoms in total. The Bertz CT molecular complexity index is 959. The molecule has 134 valence electrons. The molecule has 8 heteroatoms. The molecular formula is C19H14N4O4. The Morgan fingerprint density at radius 2 is 1.78 bits per heavy atom. The SMILES string of the molecule is COc1ccc(N2C(=O)NC(=O)[C@@H](C=Nc3ccc(C#N)cc3)C2=O)cc1. The molecule has 1 atom stereocenters. The molecule has 1 N–H and O–H groups in total. The van der Waals surface area contributed by atoms with E-state index in [4.69, 9.17) is 10.00 Å². The van der Waals surface area contributed by atoms with Crippen LogP contribution in [0.1, 0.15) is 5.56 Å². The van der Waals surface area contributed by atoms with Gasteiger partial charge in [0.25, 0.3) is 5.91 Å². The quantitative estimate of drug-likeness (QED) is 0.662. The van der Waals surface area contributed by atoms with E-state index < -0.39 is 23.8 Å². The molecule has 0 spiro atoms. The molecule has 0 bridgehead atoms. The average Bonchev–Trinajstić information content (AvgIpc) is 2.68. The lowest BCUT2D eigenvalue weighted by Gasteiger charge is -2.28. The van der Waals surface area contributed by atoms with Crippen molar-refractivity contribution in [2.45, 2.75) is 0 Å². The van der Waals surface area contributed by atoms with Crippen LogP contribution in [-0.2, 0) is 9.59 Å². The molecule has 2 aromatic carbocycles. The van der Waals surface area contributed by atoms with E-state index in [-0.39, 0.29) is 0 Å². The molecule has 2 aromatic rings. The number of methoxy groups -OCH3 is 1. The highest BCUT2D eigenvalue weighted by Gasteiger charge is 2.40. The largest absolute Gasteiger partial charge is 0.497 e. The maximum absolute atomic E-state index is 12.7. The number of nitriles is 1. The van der Waals surface area contributed by atoms with E-state index in [9.17, 15) is 14.4 Å². The summed E-state index contributed by atoms with van der Waals surface area (Å²) in [5, 5.41) is 10.9. The van der Waals surface area contributed by atoms with Gasteiger partial charge in [-0.2, -0.15) is 5.26 Å². The molecule has 1 saturated heterocycles. The van der Waals surface area contributed by atoms with Crippen LogP contribution in [0.2, 0.25) is 0 Å². The lowest BCUT2D eigenvalue weighted by molar-refractivity contribution is -0.131. The molecule has 0 aliphatic carbocycles. The van der Waals surface area contributed by atoms with Crippen LogP contribution < -0.4 is 15.0 Å². The fourth-order valence-corrected chi connectivity index (χ4v) is 2.48. The van der Waals surface area contributed by atoms with Crippen molar-refractivity contribution in [3.63, 3.8) is 0 Å². The van der Waals surface area contributed by atoms with Gasteiger partial charge < -0.3 is 4.74 Å². The van der Waals surface area contributed by atoms with Gasteiger partial charge in [-0.25, -0.2) is 9.69 Å². The monoisotopic (exact) mass is 362 g/mol.